The van der Waals surface area contributed by atoms with E-state index in [9.17, 15) is 23.3 Å². The fourth-order valence-electron chi connectivity index (χ4n) is 5.33. The highest BCUT2D eigenvalue weighted by molar-refractivity contribution is 7.90. The van der Waals surface area contributed by atoms with Crippen LogP contribution < -0.4 is 14.8 Å². The van der Waals surface area contributed by atoms with Crippen LogP contribution in [0.2, 0.25) is 5.02 Å². The number of nitrogens with zero attached hydrogens (tertiary/aromatic N) is 3. The first-order valence-corrected chi connectivity index (χ1v) is 16.3. The van der Waals surface area contributed by atoms with Gasteiger partial charge in [-0.3, -0.25) is 19.8 Å². The minimum Gasteiger partial charge on any atom is -0.491 e. The molecule has 1 aromatic heterocycles. The van der Waals surface area contributed by atoms with Crippen LogP contribution in [0.15, 0.2) is 65.6 Å². The van der Waals surface area contributed by atoms with Crippen molar-refractivity contribution in [1.29, 1.82) is 0 Å². The van der Waals surface area contributed by atoms with Gasteiger partial charge in [-0.1, -0.05) is 35.9 Å². The number of aromatic nitrogens is 1. The number of morpholine rings is 1. The van der Waals surface area contributed by atoms with E-state index >= 15 is 0 Å². The van der Waals surface area contributed by atoms with Gasteiger partial charge >= 0.3 is 0 Å². The van der Waals surface area contributed by atoms with Crippen LogP contribution in [0.4, 0.5) is 11.4 Å². The van der Waals surface area contributed by atoms with Gasteiger partial charge in [-0.25, -0.2) is 13.1 Å². The first-order valence-electron chi connectivity index (χ1n) is 14.4. The lowest BCUT2D eigenvalue weighted by Gasteiger charge is -2.26. The summed E-state index contributed by atoms with van der Waals surface area (Å²) < 4.78 is 41.8. The molecule has 1 amide bonds. The summed E-state index contributed by atoms with van der Waals surface area (Å²) in [4.78, 5) is 26.4. The first kappa shape index (κ1) is 32.2. The molecule has 1 aliphatic heterocycles. The predicted octanol–water partition coefficient (Wildman–Crippen LogP) is 4.76. The van der Waals surface area contributed by atoms with Crippen molar-refractivity contribution in [1.82, 2.24) is 14.2 Å². The SMILES string of the molecule is Cc1cccc(C)c1OCCn1c(C(=O)NS(=O)(=O)c2ccc(NCCN3CCOCC3)c([N+](=O)[O-])c2)cc2c(Cl)cccc21. The third-order valence-corrected chi connectivity index (χ3v) is 9.30. The Labute approximate surface area is 266 Å². The van der Waals surface area contributed by atoms with Crippen LogP contribution in [0, 0.1) is 24.0 Å². The van der Waals surface area contributed by atoms with Gasteiger partial charge in [0.25, 0.3) is 21.6 Å². The number of rotatable bonds is 12. The van der Waals surface area contributed by atoms with Crippen molar-refractivity contribution in [3.8, 4) is 5.75 Å². The second-order valence-corrected chi connectivity index (χ2v) is 12.8. The Kier molecular flexibility index (Phi) is 9.93. The number of fused-ring (bicyclic) bond motifs is 1. The number of carbonyl (C=O) groups is 1. The number of sulfonamides is 1. The summed E-state index contributed by atoms with van der Waals surface area (Å²) in [6.07, 6.45) is 0. The monoisotopic (exact) mass is 655 g/mol. The Morgan fingerprint density at radius 3 is 2.47 bits per heavy atom. The van der Waals surface area contributed by atoms with Gasteiger partial charge < -0.3 is 19.4 Å². The van der Waals surface area contributed by atoms with Gasteiger partial charge in [0.2, 0.25) is 0 Å². The number of hydrogen-bond acceptors (Lipinski definition) is 9. The molecular weight excluding hydrogens is 622 g/mol. The van der Waals surface area contributed by atoms with Crippen LogP contribution in [0.5, 0.6) is 5.75 Å². The predicted molar refractivity (Wildman–Crippen MR) is 172 cm³/mol. The average molecular weight is 656 g/mol. The van der Waals surface area contributed by atoms with Crippen LogP contribution >= 0.6 is 11.6 Å². The molecule has 0 bridgehead atoms. The molecule has 1 saturated heterocycles. The lowest BCUT2D eigenvalue weighted by molar-refractivity contribution is -0.384. The van der Waals surface area contributed by atoms with E-state index in [0.717, 1.165) is 36.0 Å². The Morgan fingerprint density at radius 2 is 1.76 bits per heavy atom. The van der Waals surface area contributed by atoms with Crippen molar-refractivity contribution in [2.45, 2.75) is 25.3 Å². The smallest absolute Gasteiger partial charge is 0.293 e. The summed E-state index contributed by atoms with van der Waals surface area (Å²) in [5.41, 5.74) is 2.36. The number of nitro groups is 1. The lowest BCUT2D eigenvalue weighted by atomic mass is 10.1. The maximum absolute atomic E-state index is 13.5. The molecule has 0 saturated carbocycles. The van der Waals surface area contributed by atoms with E-state index in [-0.39, 0.29) is 24.5 Å². The third kappa shape index (κ3) is 7.39. The third-order valence-electron chi connectivity index (χ3n) is 7.65. The van der Waals surface area contributed by atoms with Crippen LogP contribution in [0.25, 0.3) is 10.9 Å². The van der Waals surface area contributed by atoms with E-state index in [4.69, 9.17) is 21.1 Å². The number of benzene rings is 3. The molecule has 0 radical (unpaired) electrons. The van der Waals surface area contributed by atoms with E-state index in [1.165, 1.54) is 18.2 Å². The molecule has 0 unspecified atom stereocenters. The Bertz CT molecular complexity index is 1820. The number of carbonyl (C=O) groups excluding carboxylic acids is 1. The molecular formula is C31H34ClN5O7S. The number of anilines is 1. The van der Waals surface area contributed by atoms with E-state index in [1.54, 1.807) is 22.8 Å². The quantitative estimate of drug-likeness (QED) is 0.163. The van der Waals surface area contributed by atoms with Crippen LogP contribution in [-0.4, -0.2) is 74.7 Å². The van der Waals surface area contributed by atoms with Gasteiger partial charge in [0.15, 0.2) is 0 Å². The molecule has 3 aromatic carbocycles. The molecule has 1 aliphatic rings. The van der Waals surface area contributed by atoms with Crippen molar-refractivity contribution in [2.75, 3.05) is 51.3 Å². The highest BCUT2D eigenvalue weighted by atomic mass is 35.5. The van der Waals surface area contributed by atoms with Gasteiger partial charge in [0, 0.05) is 42.7 Å². The average Bonchev–Trinajstić information content (AvgIpc) is 3.39. The Balaban J connectivity index is 1.35. The largest absolute Gasteiger partial charge is 0.491 e. The highest BCUT2D eigenvalue weighted by Gasteiger charge is 2.26. The number of nitrogens with one attached hydrogen (secondary N) is 2. The summed E-state index contributed by atoms with van der Waals surface area (Å²) >= 11 is 6.42. The molecule has 2 N–H and O–H groups in total. The van der Waals surface area contributed by atoms with E-state index in [0.29, 0.717) is 42.2 Å². The molecule has 0 atom stereocenters. The zero-order valence-electron chi connectivity index (χ0n) is 24.9. The molecule has 5 rings (SSSR count). The van der Waals surface area contributed by atoms with Gasteiger partial charge in [-0.2, -0.15) is 0 Å². The van der Waals surface area contributed by atoms with Gasteiger partial charge in [0.05, 0.1) is 35.1 Å². The Hall–Kier alpha value is -4.17. The maximum atomic E-state index is 13.5. The van der Waals surface area contributed by atoms with Crippen LogP contribution in [0.1, 0.15) is 21.6 Å². The van der Waals surface area contributed by atoms with E-state index in [1.807, 2.05) is 32.0 Å². The summed E-state index contributed by atoms with van der Waals surface area (Å²) in [6, 6.07) is 16.0. The number of amides is 1. The number of para-hydroxylation sites is 1. The normalized spacial score (nSPS) is 13.9. The highest BCUT2D eigenvalue weighted by Crippen LogP contribution is 2.30. The molecule has 0 aliphatic carbocycles. The number of halogens is 1. The number of aryl methyl sites for hydroxylation is 2. The minimum atomic E-state index is -4.49. The summed E-state index contributed by atoms with van der Waals surface area (Å²) in [6.45, 7) is 8.16. The lowest BCUT2D eigenvalue weighted by Crippen LogP contribution is -2.39. The molecule has 238 valence electrons. The van der Waals surface area contributed by atoms with Gasteiger partial charge in [-0.05, 0) is 55.3 Å². The summed E-state index contributed by atoms with van der Waals surface area (Å²) in [5.74, 6) is -0.175. The molecule has 4 aromatic rings. The maximum Gasteiger partial charge on any atom is 0.293 e. The number of ether oxygens (including phenoxy) is 2. The first-order chi connectivity index (χ1) is 21.5. The molecule has 2 heterocycles. The second kappa shape index (κ2) is 13.9. The molecule has 0 spiro atoms. The molecule has 14 heteroatoms. The van der Waals surface area contributed by atoms with Crippen molar-refractivity contribution in [3.63, 3.8) is 0 Å². The fourth-order valence-corrected chi connectivity index (χ4v) is 6.53. The molecule has 45 heavy (non-hydrogen) atoms. The molecule has 1 fully saturated rings. The standard InChI is InChI=1S/C31H34ClN5O7S/c1-21-5-3-6-22(2)30(21)44-18-15-36-27-8-4-7-25(32)24(27)20-29(36)31(38)34-45(41,42)23-9-10-26(28(19-23)37(39)40)33-11-12-35-13-16-43-17-14-35/h3-10,19-20,33H,11-18H2,1-2H3,(H,34,38). The van der Waals surface area contributed by atoms with E-state index in [2.05, 4.69) is 14.9 Å². The Morgan fingerprint density at radius 1 is 1.04 bits per heavy atom. The zero-order valence-corrected chi connectivity index (χ0v) is 26.5. The van der Waals surface area contributed by atoms with Crippen molar-refractivity contribution in [3.05, 3.63) is 92.6 Å². The van der Waals surface area contributed by atoms with Gasteiger partial charge in [-0.15, -0.1) is 0 Å². The fraction of sp³-hybridized carbons (Fsp3) is 0.323. The minimum absolute atomic E-state index is 0.0441. The topological polar surface area (TPSA) is 145 Å². The number of hydrogen-bond donors (Lipinski definition) is 2. The van der Waals surface area contributed by atoms with Crippen molar-refractivity contribution >= 4 is 49.8 Å². The summed E-state index contributed by atoms with van der Waals surface area (Å²) in [7, 11) is -4.49. The van der Waals surface area contributed by atoms with Gasteiger partial charge in [0.1, 0.15) is 23.7 Å². The molecule has 12 nitrogen and oxygen atoms in total. The zero-order chi connectivity index (χ0) is 32.1. The van der Waals surface area contributed by atoms with Crippen LogP contribution in [-0.2, 0) is 21.3 Å². The second-order valence-electron chi connectivity index (χ2n) is 10.7. The van der Waals surface area contributed by atoms with Crippen molar-refractivity contribution < 1.29 is 27.6 Å². The van der Waals surface area contributed by atoms with Crippen molar-refractivity contribution in [2.24, 2.45) is 0 Å². The van der Waals surface area contributed by atoms with Crippen LogP contribution in [0.3, 0.4) is 0 Å². The number of nitro benzene ring substituents is 1. The van der Waals surface area contributed by atoms with E-state index < -0.39 is 31.4 Å². The summed E-state index contributed by atoms with van der Waals surface area (Å²) in [5, 5.41) is 15.8.